The van der Waals surface area contributed by atoms with E-state index in [1.54, 1.807) is 0 Å². The van der Waals surface area contributed by atoms with Gasteiger partial charge >= 0.3 is 0 Å². The summed E-state index contributed by atoms with van der Waals surface area (Å²) in [4.78, 5) is 0. The van der Waals surface area contributed by atoms with E-state index in [1.807, 2.05) is 128 Å². The van der Waals surface area contributed by atoms with E-state index >= 15 is 0 Å². The van der Waals surface area contributed by atoms with Crippen molar-refractivity contribution in [3.8, 4) is 0 Å². The first-order valence-electron chi connectivity index (χ1n) is 12.4. The van der Waals surface area contributed by atoms with Gasteiger partial charge in [0, 0.05) is 0 Å². The Labute approximate surface area is 214 Å². The average molecular weight is 483 g/mol. The van der Waals surface area contributed by atoms with Crippen LogP contribution in [0.1, 0.15) is 35.6 Å². The fourth-order valence-electron chi connectivity index (χ4n) is 3.78. The lowest BCUT2D eigenvalue weighted by atomic mass is 10.1. The van der Waals surface area contributed by atoms with Crippen molar-refractivity contribution in [1.29, 1.82) is 0 Å². The number of benzene rings is 4. The van der Waals surface area contributed by atoms with Gasteiger partial charge in [-0.1, -0.05) is 121 Å². The number of rotatable bonds is 14. The SMILES string of the molecule is CC(CC(OCc1ccccc1)OCc1ccccc1)(OCc1ccccc1)OCc1ccccc1. The van der Waals surface area contributed by atoms with E-state index in [0.717, 1.165) is 22.3 Å². The van der Waals surface area contributed by atoms with Crippen LogP contribution in [0.5, 0.6) is 0 Å². The Morgan fingerprint density at radius 2 is 0.778 bits per heavy atom. The Hall–Kier alpha value is -3.28. The van der Waals surface area contributed by atoms with Crippen molar-refractivity contribution in [2.24, 2.45) is 0 Å². The van der Waals surface area contributed by atoms with Crippen molar-refractivity contribution in [1.82, 2.24) is 0 Å². The second kappa shape index (κ2) is 13.7. The highest BCUT2D eigenvalue weighted by Gasteiger charge is 2.32. The first kappa shape index (κ1) is 25.8. The minimum absolute atomic E-state index is 0.409. The van der Waals surface area contributed by atoms with Crippen LogP contribution < -0.4 is 0 Å². The van der Waals surface area contributed by atoms with E-state index in [2.05, 4.69) is 0 Å². The number of hydrogen-bond acceptors (Lipinski definition) is 4. The number of ether oxygens (including phenoxy) is 4. The molecule has 0 radical (unpaired) electrons. The lowest BCUT2D eigenvalue weighted by molar-refractivity contribution is -0.281. The third kappa shape index (κ3) is 8.74. The van der Waals surface area contributed by atoms with Crippen LogP contribution in [-0.2, 0) is 45.4 Å². The largest absolute Gasteiger partial charge is 0.348 e. The predicted molar refractivity (Wildman–Crippen MR) is 142 cm³/mol. The molecule has 4 nitrogen and oxygen atoms in total. The molecule has 0 spiro atoms. The third-order valence-corrected chi connectivity index (χ3v) is 5.87. The van der Waals surface area contributed by atoms with Crippen LogP contribution in [0, 0.1) is 0 Å². The van der Waals surface area contributed by atoms with Crippen molar-refractivity contribution in [2.75, 3.05) is 0 Å². The lowest BCUT2D eigenvalue weighted by Crippen LogP contribution is -2.38. The van der Waals surface area contributed by atoms with Gasteiger partial charge in [0.05, 0.1) is 32.8 Å². The van der Waals surface area contributed by atoms with Crippen molar-refractivity contribution in [3.63, 3.8) is 0 Å². The molecule has 186 valence electrons. The van der Waals surface area contributed by atoms with Gasteiger partial charge in [0.2, 0.25) is 0 Å². The highest BCUT2D eigenvalue weighted by Crippen LogP contribution is 2.26. The molecule has 0 bridgehead atoms. The van der Waals surface area contributed by atoms with Gasteiger partial charge in [0.25, 0.3) is 0 Å². The Kier molecular flexibility index (Phi) is 9.83. The van der Waals surface area contributed by atoms with E-state index in [9.17, 15) is 0 Å². The van der Waals surface area contributed by atoms with E-state index in [4.69, 9.17) is 18.9 Å². The van der Waals surface area contributed by atoms with Crippen LogP contribution in [0.25, 0.3) is 0 Å². The fourth-order valence-corrected chi connectivity index (χ4v) is 3.78. The van der Waals surface area contributed by atoms with Crippen LogP contribution in [0.4, 0.5) is 0 Å². The van der Waals surface area contributed by atoms with Crippen molar-refractivity contribution in [2.45, 2.75) is 51.8 Å². The quantitative estimate of drug-likeness (QED) is 0.177. The Balaban J connectivity index is 1.47. The summed E-state index contributed by atoms with van der Waals surface area (Å²) >= 11 is 0. The molecule has 4 rings (SSSR count). The lowest BCUT2D eigenvalue weighted by Gasteiger charge is -2.33. The van der Waals surface area contributed by atoms with Gasteiger partial charge < -0.3 is 18.9 Å². The molecule has 0 unspecified atom stereocenters. The summed E-state index contributed by atoms with van der Waals surface area (Å²) in [6, 6.07) is 40.5. The highest BCUT2D eigenvalue weighted by molar-refractivity contribution is 5.16. The Morgan fingerprint density at radius 3 is 1.11 bits per heavy atom. The highest BCUT2D eigenvalue weighted by atomic mass is 16.7. The summed E-state index contributed by atoms with van der Waals surface area (Å²) in [6.07, 6.45) is -0.117. The Morgan fingerprint density at radius 1 is 0.472 bits per heavy atom. The second-order valence-electron chi connectivity index (χ2n) is 8.91. The number of hydrogen-bond donors (Lipinski definition) is 0. The normalized spacial score (nSPS) is 11.6. The van der Waals surface area contributed by atoms with Crippen LogP contribution in [0.2, 0.25) is 0 Å². The zero-order valence-corrected chi connectivity index (χ0v) is 20.8. The predicted octanol–water partition coefficient (Wildman–Crippen LogP) is 7.29. The topological polar surface area (TPSA) is 36.9 Å². The first-order chi connectivity index (χ1) is 17.7. The minimum Gasteiger partial charge on any atom is -0.348 e. The third-order valence-electron chi connectivity index (χ3n) is 5.87. The van der Waals surface area contributed by atoms with Gasteiger partial charge in [-0.2, -0.15) is 0 Å². The zero-order valence-electron chi connectivity index (χ0n) is 20.8. The second-order valence-corrected chi connectivity index (χ2v) is 8.91. The molecular formula is C32H34O4. The molecule has 0 aliphatic heterocycles. The van der Waals surface area contributed by atoms with Gasteiger partial charge in [0.15, 0.2) is 12.1 Å². The van der Waals surface area contributed by atoms with E-state index < -0.39 is 12.1 Å². The summed E-state index contributed by atoms with van der Waals surface area (Å²) in [5, 5.41) is 0. The minimum atomic E-state index is -0.927. The van der Waals surface area contributed by atoms with Gasteiger partial charge in [-0.15, -0.1) is 0 Å². The molecule has 0 saturated heterocycles. The van der Waals surface area contributed by atoms with Crippen molar-refractivity contribution < 1.29 is 18.9 Å². The van der Waals surface area contributed by atoms with Crippen molar-refractivity contribution >= 4 is 0 Å². The van der Waals surface area contributed by atoms with E-state index in [0.29, 0.717) is 32.8 Å². The van der Waals surface area contributed by atoms with E-state index in [1.165, 1.54) is 0 Å². The van der Waals surface area contributed by atoms with Gasteiger partial charge in [-0.05, 0) is 29.2 Å². The van der Waals surface area contributed by atoms with Crippen molar-refractivity contribution in [3.05, 3.63) is 144 Å². The molecule has 36 heavy (non-hydrogen) atoms. The van der Waals surface area contributed by atoms with Crippen LogP contribution >= 0.6 is 0 Å². The average Bonchev–Trinajstić information content (AvgIpc) is 2.95. The molecule has 4 heteroatoms. The molecule has 0 atom stereocenters. The maximum absolute atomic E-state index is 6.39. The van der Waals surface area contributed by atoms with Crippen LogP contribution in [0.3, 0.4) is 0 Å². The van der Waals surface area contributed by atoms with Crippen LogP contribution in [0.15, 0.2) is 121 Å². The molecule has 0 heterocycles. The monoisotopic (exact) mass is 482 g/mol. The maximum Gasteiger partial charge on any atom is 0.171 e. The fraction of sp³-hybridized carbons (Fsp3) is 0.250. The van der Waals surface area contributed by atoms with Gasteiger partial charge in [0.1, 0.15) is 0 Å². The molecule has 4 aromatic rings. The molecule has 0 saturated carbocycles. The zero-order chi connectivity index (χ0) is 24.9. The molecule has 0 aromatic heterocycles. The summed E-state index contributed by atoms with van der Waals surface area (Å²) in [6.45, 7) is 3.69. The van der Waals surface area contributed by atoms with Gasteiger partial charge in [-0.25, -0.2) is 0 Å². The van der Waals surface area contributed by atoms with Gasteiger partial charge in [-0.3, -0.25) is 0 Å². The first-order valence-corrected chi connectivity index (χ1v) is 12.4. The summed E-state index contributed by atoms with van der Waals surface area (Å²) in [5.41, 5.74) is 4.34. The molecular weight excluding hydrogens is 448 g/mol. The molecule has 4 aromatic carbocycles. The molecule has 0 amide bonds. The molecule has 0 fully saturated rings. The maximum atomic E-state index is 6.39. The van der Waals surface area contributed by atoms with E-state index in [-0.39, 0.29) is 0 Å². The Bertz CT molecular complexity index is 1030. The smallest absolute Gasteiger partial charge is 0.171 e. The van der Waals surface area contributed by atoms with Crippen LogP contribution in [-0.4, -0.2) is 12.1 Å². The molecule has 0 aliphatic rings. The summed E-state index contributed by atoms with van der Waals surface area (Å²) in [7, 11) is 0. The summed E-state index contributed by atoms with van der Waals surface area (Å²) < 4.78 is 25.3. The standard InChI is InChI=1S/C32H34O4/c1-32(35-25-29-18-10-4-11-19-29,36-26-30-20-12-5-13-21-30)22-31(33-23-27-14-6-2-7-15-27)34-24-28-16-8-3-9-17-28/h2-21,31H,22-26H2,1H3. The molecule has 0 aliphatic carbocycles. The summed E-state index contributed by atoms with van der Waals surface area (Å²) in [5.74, 6) is -0.927. The molecule has 0 N–H and O–H groups in total.